The van der Waals surface area contributed by atoms with E-state index in [2.05, 4.69) is 22.9 Å². The van der Waals surface area contributed by atoms with Crippen molar-refractivity contribution in [2.24, 2.45) is 5.41 Å². The highest BCUT2D eigenvalue weighted by Crippen LogP contribution is 2.26. The second-order valence-electron chi connectivity index (χ2n) is 5.74. The summed E-state index contributed by atoms with van der Waals surface area (Å²) in [7, 11) is 0. The summed E-state index contributed by atoms with van der Waals surface area (Å²) < 4.78 is 0. The first-order valence-corrected chi connectivity index (χ1v) is 6.90. The van der Waals surface area contributed by atoms with E-state index in [0.717, 1.165) is 43.7 Å². The Morgan fingerprint density at radius 1 is 1.37 bits per heavy atom. The zero-order valence-electron chi connectivity index (χ0n) is 11.8. The highest BCUT2D eigenvalue weighted by atomic mass is 16.2. The first-order chi connectivity index (χ1) is 9.07. The summed E-state index contributed by atoms with van der Waals surface area (Å²) in [5.74, 6) is 0. The maximum atomic E-state index is 11.9. The Hall–Kier alpha value is -1.55. The lowest BCUT2D eigenvalue weighted by Crippen LogP contribution is -2.43. The minimum Gasteiger partial charge on any atom is -0.337 e. The van der Waals surface area contributed by atoms with Crippen LogP contribution in [0.2, 0.25) is 0 Å². The average Bonchev–Trinajstić information content (AvgIpc) is 2.38. The third kappa shape index (κ3) is 4.24. The van der Waals surface area contributed by atoms with E-state index in [1.54, 1.807) is 0 Å². The molecule has 3 N–H and O–H groups in total. The van der Waals surface area contributed by atoms with Gasteiger partial charge in [-0.15, -0.1) is 0 Å². The summed E-state index contributed by atoms with van der Waals surface area (Å²) >= 11 is 0. The lowest BCUT2D eigenvalue weighted by Gasteiger charge is -2.34. The first kappa shape index (κ1) is 13.9. The second-order valence-corrected chi connectivity index (χ2v) is 5.74. The van der Waals surface area contributed by atoms with Gasteiger partial charge in [-0.2, -0.15) is 0 Å². The van der Waals surface area contributed by atoms with Crippen molar-refractivity contribution < 1.29 is 4.79 Å². The van der Waals surface area contributed by atoms with Gasteiger partial charge in [0.15, 0.2) is 0 Å². The Morgan fingerprint density at radius 2 is 2.11 bits per heavy atom. The van der Waals surface area contributed by atoms with Gasteiger partial charge in [-0.05, 0) is 56.0 Å². The third-order valence-corrected chi connectivity index (χ3v) is 3.76. The van der Waals surface area contributed by atoms with Crippen LogP contribution in [-0.2, 0) is 0 Å². The Balaban J connectivity index is 1.81. The molecule has 1 aromatic rings. The fourth-order valence-electron chi connectivity index (χ4n) is 2.40. The van der Waals surface area contributed by atoms with Gasteiger partial charge in [0, 0.05) is 12.2 Å². The lowest BCUT2D eigenvalue weighted by atomic mass is 9.81. The minimum atomic E-state index is -0.120. The SMILES string of the molecule is Cc1cccc(NC(=O)NCC2(C)CCNCC2)c1. The normalized spacial score (nSPS) is 17.8. The number of hydrogen-bond acceptors (Lipinski definition) is 2. The average molecular weight is 261 g/mol. The molecular weight excluding hydrogens is 238 g/mol. The number of nitrogens with one attached hydrogen (secondary N) is 3. The quantitative estimate of drug-likeness (QED) is 0.783. The Labute approximate surface area is 115 Å². The van der Waals surface area contributed by atoms with Crippen LogP contribution in [0, 0.1) is 12.3 Å². The van der Waals surface area contributed by atoms with Crippen molar-refractivity contribution in [2.45, 2.75) is 26.7 Å². The lowest BCUT2D eigenvalue weighted by molar-refractivity contribution is 0.213. The van der Waals surface area contributed by atoms with Crippen LogP contribution in [0.25, 0.3) is 0 Å². The molecule has 1 aromatic carbocycles. The topological polar surface area (TPSA) is 53.2 Å². The molecule has 2 rings (SSSR count). The van der Waals surface area contributed by atoms with Gasteiger partial charge >= 0.3 is 6.03 Å². The Kier molecular flexibility index (Phi) is 4.43. The standard InChI is InChI=1S/C15H23N3O/c1-12-4-3-5-13(10-12)18-14(19)17-11-15(2)6-8-16-9-7-15/h3-5,10,16H,6-9,11H2,1-2H3,(H2,17,18,19). The first-order valence-electron chi connectivity index (χ1n) is 6.90. The number of benzene rings is 1. The summed E-state index contributed by atoms with van der Waals surface area (Å²) in [4.78, 5) is 11.9. The number of carbonyl (C=O) groups is 1. The molecular formula is C15H23N3O. The van der Waals surface area contributed by atoms with Crippen LogP contribution < -0.4 is 16.0 Å². The van der Waals surface area contributed by atoms with Gasteiger partial charge in [0.25, 0.3) is 0 Å². The fraction of sp³-hybridized carbons (Fsp3) is 0.533. The van der Waals surface area contributed by atoms with E-state index in [9.17, 15) is 4.79 Å². The van der Waals surface area contributed by atoms with Crippen LogP contribution in [0.1, 0.15) is 25.3 Å². The predicted octanol–water partition coefficient (Wildman–Crippen LogP) is 2.51. The molecule has 1 aliphatic heterocycles. The number of urea groups is 1. The van der Waals surface area contributed by atoms with Gasteiger partial charge in [0.2, 0.25) is 0 Å². The van der Waals surface area contributed by atoms with Crippen LogP contribution in [0.5, 0.6) is 0 Å². The zero-order chi connectivity index (χ0) is 13.7. The Bertz CT molecular complexity index is 439. The molecule has 0 spiro atoms. The van der Waals surface area contributed by atoms with Gasteiger partial charge < -0.3 is 16.0 Å². The molecule has 1 saturated heterocycles. The monoisotopic (exact) mass is 261 g/mol. The van der Waals surface area contributed by atoms with Gasteiger partial charge in [0.1, 0.15) is 0 Å². The number of rotatable bonds is 3. The van der Waals surface area contributed by atoms with E-state index in [1.807, 2.05) is 31.2 Å². The van der Waals surface area contributed by atoms with Gasteiger partial charge in [-0.1, -0.05) is 19.1 Å². The van der Waals surface area contributed by atoms with Crippen LogP contribution in [0.3, 0.4) is 0 Å². The maximum Gasteiger partial charge on any atom is 0.319 e. The van der Waals surface area contributed by atoms with Crippen molar-refractivity contribution >= 4 is 11.7 Å². The third-order valence-electron chi connectivity index (χ3n) is 3.76. The minimum absolute atomic E-state index is 0.120. The Morgan fingerprint density at radius 3 is 2.79 bits per heavy atom. The van der Waals surface area contributed by atoms with Crippen molar-refractivity contribution in [3.05, 3.63) is 29.8 Å². The molecule has 4 nitrogen and oxygen atoms in total. The van der Waals surface area contributed by atoms with Crippen molar-refractivity contribution in [2.75, 3.05) is 25.0 Å². The van der Waals surface area contributed by atoms with Crippen LogP contribution >= 0.6 is 0 Å². The summed E-state index contributed by atoms with van der Waals surface area (Å²) in [6, 6.07) is 7.70. The van der Waals surface area contributed by atoms with Crippen molar-refractivity contribution in [3.8, 4) is 0 Å². The molecule has 1 heterocycles. The zero-order valence-corrected chi connectivity index (χ0v) is 11.8. The maximum absolute atomic E-state index is 11.9. The van der Waals surface area contributed by atoms with Crippen LogP contribution in [0.4, 0.5) is 10.5 Å². The molecule has 4 heteroatoms. The predicted molar refractivity (Wildman–Crippen MR) is 78.4 cm³/mol. The molecule has 19 heavy (non-hydrogen) atoms. The van der Waals surface area contributed by atoms with E-state index in [-0.39, 0.29) is 11.4 Å². The van der Waals surface area contributed by atoms with E-state index >= 15 is 0 Å². The summed E-state index contributed by atoms with van der Waals surface area (Å²) in [5, 5.41) is 9.20. The highest BCUT2D eigenvalue weighted by Gasteiger charge is 2.26. The molecule has 2 amide bonds. The highest BCUT2D eigenvalue weighted by molar-refractivity contribution is 5.89. The largest absolute Gasteiger partial charge is 0.337 e. The van der Waals surface area contributed by atoms with Gasteiger partial charge in [-0.25, -0.2) is 4.79 Å². The van der Waals surface area contributed by atoms with E-state index in [4.69, 9.17) is 0 Å². The van der Waals surface area contributed by atoms with Crippen LogP contribution in [0.15, 0.2) is 24.3 Å². The molecule has 1 fully saturated rings. The fourth-order valence-corrected chi connectivity index (χ4v) is 2.40. The molecule has 0 atom stereocenters. The second kappa shape index (κ2) is 6.06. The van der Waals surface area contributed by atoms with Crippen molar-refractivity contribution in [1.82, 2.24) is 10.6 Å². The van der Waals surface area contributed by atoms with Gasteiger partial charge in [0.05, 0.1) is 0 Å². The van der Waals surface area contributed by atoms with Crippen LogP contribution in [-0.4, -0.2) is 25.7 Å². The van der Waals surface area contributed by atoms with E-state index < -0.39 is 0 Å². The van der Waals surface area contributed by atoms with Gasteiger partial charge in [-0.3, -0.25) is 0 Å². The number of anilines is 1. The molecule has 0 bridgehead atoms. The smallest absolute Gasteiger partial charge is 0.319 e. The van der Waals surface area contributed by atoms with E-state index in [1.165, 1.54) is 0 Å². The van der Waals surface area contributed by atoms with Crippen molar-refractivity contribution in [3.63, 3.8) is 0 Å². The molecule has 1 aliphatic rings. The molecule has 0 saturated carbocycles. The number of hydrogen-bond donors (Lipinski definition) is 3. The number of aryl methyl sites for hydroxylation is 1. The number of amides is 2. The molecule has 0 radical (unpaired) electrons. The molecule has 0 aromatic heterocycles. The summed E-state index contributed by atoms with van der Waals surface area (Å²) in [6.45, 7) is 7.06. The number of carbonyl (C=O) groups excluding carboxylic acids is 1. The molecule has 104 valence electrons. The number of piperidine rings is 1. The molecule has 0 aliphatic carbocycles. The van der Waals surface area contributed by atoms with Crippen molar-refractivity contribution in [1.29, 1.82) is 0 Å². The summed E-state index contributed by atoms with van der Waals surface area (Å²) in [6.07, 6.45) is 2.22. The molecule has 0 unspecified atom stereocenters. The summed E-state index contributed by atoms with van der Waals surface area (Å²) in [5.41, 5.74) is 2.20. The van der Waals surface area contributed by atoms with E-state index in [0.29, 0.717) is 0 Å².